The maximum absolute atomic E-state index is 6.15. The van der Waals surface area contributed by atoms with E-state index in [2.05, 4.69) is 24.0 Å². The smallest absolute Gasteiger partial charge is 0.125 e. The minimum absolute atomic E-state index is 0.00336. The number of hydrogen-bond donors (Lipinski definition) is 1. The van der Waals surface area contributed by atoms with Crippen molar-refractivity contribution in [3.63, 3.8) is 0 Å². The third-order valence-corrected chi connectivity index (χ3v) is 4.04. The molecule has 2 rings (SSSR count). The molecule has 0 spiro atoms. The Kier molecular flexibility index (Phi) is 4.70. The summed E-state index contributed by atoms with van der Waals surface area (Å²) in [4.78, 5) is 2.47. The fraction of sp³-hybridized carbons (Fsp3) is 0.625. The summed E-state index contributed by atoms with van der Waals surface area (Å²) >= 11 is 0. The minimum atomic E-state index is -0.00336. The largest absolute Gasteiger partial charge is 0.496 e. The van der Waals surface area contributed by atoms with Gasteiger partial charge in [-0.1, -0.05) is 19.4 Å². The fourth-order valence-electron chi connectivity index (χ4n) is 3.14. The molecule has 2 N–H and O–H groups in total. The second-order valence-electron chi connectivity index (χ2n) is 5.57. The Balaban J connectivity index is 2.25. The lowest BCUT2D eigenvalue weighted by molar-refractivity contribution is 0.407. The van der Waals surface area contributed by atoms with Gasteiger partial charge in [-0.05, 0) is 37.8 Å². The van der Waals surface area contributed by atoms with Crippen LogP contribution >= 0.6 is 0 Å². The molecule has 1 aromatic rings. The van der Waals surface area contributed by atoms with E-state index in [4.69, 9.17) is 10.5 Å². The quantitative estimate of drug-likeness (QED) is 0.884. The number of ether oxygens (including phenoxy) is 1. The van der Waals surface area contributed by atoms with Gasteiger partial charge in [-0.25, -0.2) is 0 Å². The van der Waals surface area contributed by atoms with Crippen LogP contribution < -0.4 is 15.4 Å². The number of benzene rings is 1. The van der Waals surface area contributed by atoms with E-state index in [1.165, 1.54) is 24.9 Å². The molecule has 19 heavy (non-hydrogen) atoms. The molecule has 1 heterocycles. The first kappa shape index (κ1) is 14.2. The zero-order valence-corrected chi connectivity index (χ0v) is 12.4. The van der Waals surface area contributed by atoms with Crippen molar-refractivity contribution in [3.05, 3.63) is 23.8 Å². The molecule has 106 valence electrons. The normalized spacial score (nSPS) is 20.6. The Morgan fingerprint density at radius 1 is 1.47 bits per heavy atom. The van der Waals surface area contributed by atoms with Gasteiger partial charge >= 0.3 is 0 Å². The molecular weight excluding hydrogens is 236 g/mol. The molecule has 0 aromatic heterocycles. The molecule has 1 fully saturated rings. The Morgan fingerprint density at radius 3 is 2.89 bits per heavy atom. The molecule has 0 amide bonds. The van der Waals surface area contributed by atoms with Gasteiger partial charge < -0.3 is 15.4 Å². The van der Waals surface area contributed by atoms with Crippen LogP contribution in [-0.4, -0.2) is 20.2 Å². The summed E-state index contributed by atoms with van der Waals surface area (Å²) < 4.78 is 5.47. The van der Waals surface area contributed by atoms with Gasteiger partial charge in [-0.3, -0.25) is 0 Å². The van der Waals surface area contributed by atoms with E-state index in [9.17, 15) is 0 Å². The molecule has 3 heteroatoms. The third kappa shape index (κ3) is 3.03. The topological polar surface area (TPSA) is 38.5 Å². The van der Waals surface area contributed by atoms with Gasteiger partial charge in [0.1, 0.15) is 5.75 Å². The van der Waals surface area contributed by atoms with Crippen molar-refractivity contribution in [2.24, 2.45) is 11.7 Å². The standard InChI is InChI=1S/C16H26N2O/c1-4-6-13-9-10-18(11-13)14-7-5-8-15(19-3)16(14)12(2)17/h5,7-8,12-13H,4,6,9-11,17H2,1-3H3/t12-,13?/m0/s1. The van der Waals surface area contributed by atoms with Crippen molar-refractivity contribution >= 4 is 5.69 Å². The molecular formula is C16H26N2O. The number of nitrogens with zero attached hydrogens (tertiary/aromatic N) is 1. The molecule has 2 atom stereocenters. The Hall–Kier alpha value is -1.22. The number of methoxy groups -OCH3 is 1. The van der Waals surface area contributed by atoms with Crippen LogP contribution in [0.1, 0.15) is 44.7 Å². The lowest BCUT2D eigenvalue weighted by atomic mass is 10.0. The van der Waals surface area contributed by atoms with Crippen molar-refractivity contribution in [2.75, 3.05) is 25.1 Å². The van der Waals surface area contributed by atoms with Crippen LogP contribution in [0.15, 0.2) is 18.2 Å². The van der Waals surface area contributed by atoms with Gasteiger partial charge in [0.25, 0.3) is 0 Å². The Labute approximate surface area is 116 Å². The first-order valence-electron chi connectivity index (χ1n) is 7.34. The molecule has 0 bridgehead atoms. The van der Waals surface area contributed by atoms with Gasteiger partial charge in [-0.15, -0.1) is 0 Å². The van der Waals surface area contributed by atoms with Crippen LogP contribution in [0.3, 0.4) is 0 Å². The summed E-state index contributed by atoms with van der Waals surface area (Å²) in [6.07, 6.45) is 3.90. The van der Waals surface area contributed by atoms with E-state index < -0.39 is 0 Å². The second kappa shape index (κ2) is 6.29. The zero-order valence-electron chi connectivity index (χ0n) is 12.4. The molecule has 1 unspecified atom stereocenters. The predicted octanol–water partition coefficient (Wildman–Crippen LogP) is 3.34. The van der Waals surface area contributed by atoms with Crippen LogP contribution in [0.5, 0.6) is 5.75 Å². The monoisotopic (exact) mass is 262 g/mol. The second-order valence-corrected chi connectivity index (χ2v) is 5.57. The van der Waals surface area contributed by atoms with E-state index in [1.807, 2.05) is 13.0 Å². The van der Waals surface area contributed by atoms with E-state index in [0.29, 0.717) is 0 Å². The highest BCUT2D eigenvalue weighted by atomic mass is 16.5. The van der Waals surface area contributed by atoms with Crippen molar-refractivity contribution < 1.29 is 4.74 Å². The molecule has 1 aliphatic heterocycles. The number of nitrogens with two attached hydrogens (primary N) is 1. The van der Waals surface area contributed by atoms with Gasteiger partial charge in [0, 0.05) is 30.4 Å². The number of anilines is 1. The van der Waals surface area contributed by atoms with Crippen molar-refractivity contribution in [1.82, 2.24) is 0 Å². The molecule has 0 saturated carbocycles. The van der Waals surface area contributed by atoms with Crippen LogP contribution in [0, 0.1) is 5.92 Å². The van der Waals surface area contributed by atoms with Crippen molar-refractivity contribution in [3.8, 4) is 5.75 Å². The highest BCUT2D eigenvalue weighted by Crippen LogP contribution is 2.36. The molecule has 0 radical (unpaired) electrons. The summed E-state index contributed by atoms with van der Waals surface area (Å²) in [5, 5.41) is 0. The molecule has 1 aromatic carbocycles. The zero-order chi connectivity index (χ0) is 13.8. The summed E-state index contributed by atoms with van der Waals surface area (Å²) in [7, 11) is 1.72. The predicted molar refractivity (Wildman–Crippen MR) is 80.8 cm³/mol. The SMILES string of the molecule is CCCC1CCN(c2cccc(OC)c2[C@H](C)N)C1. The summed E-state index contributed by atoms with van der Waals surface area (Å²) in [5.74, 6) is 1.74. The highest BCUT2D eigenvalue weighted by Gasteiger charge is 2.25. The minimum Gasteiger partial charge on any atom is -0.496 e. The third-order valence-electron chi connectivity index (χ3n) is 4.04. The van der Waals surface area contributed by atoms with Crippen LogP contribution in [0.2, 0.25) is 0 Å². The molecule has 1 saturated heterocycles. The van der Waals surface area contributed by atoms with Gasteiger partial charge in [0.05, 0.1) is 7.11 Å². The van der Waals surface area contributed by atoms with Crippen molar-refractivity contribution in [1.29, 1.82) is 0 Å². The fourth-order valence-corrected chi connectivity index (χ4v) is 3.14. The summed E-state index contributed by atoms with van der Waals surface area (Å²) in [5.41, 5.74) is 8.54. The maximum atomic E-state index is 6.15. The van der Waals surface area contributed by atoms with Crippen LogP contribution in [0.4, 0.5) is 5.69 Å². The van der Waals surface area contributed by atoms with Gasteiger partial charge in [0.2, 0.25) is 0 Å². The van der Waals surface area contributed by atoms with E-state index in [0.717, 1.165) is 30.3 Å². The van der Waals surface area contributed by atoms with Crippen LogP contribution in [-0.2, 0) is 0 Å². The Bertz CT molecular complexity index is 417. The molecule has 0 aliphatic carbocycles. The van der Waals surface area contributed by atoms with E-state index in [1.54, 1.807) is 7.11 Å². The van der Waals surface area contributed by atoms with E-state index >= 15 is 0 Å². The van der Waals surface area contributed by atoms with E-state index in [-0.39, 0.29) is 6.04 Å². The first-order chi connectivity index (χ1) is 9.17. The lowest BCUT2D eigenvalue weighted by Crippen LogP contribution is -2.23. The summed E-state index contributed by atoms with van der Waals surface area (Å²) in [6.45, 7) is 6.58. The first-order valence-corrected chi connectivity index (χ1v) is 7.34. The average Bonchev–Trinajstić information content (AvgIpc) is 2.86. The number of hydrogen-bond acceptors (Lipinski definition) is 3. The number of rotatable bonds is 5. The highest BCUT2D eigenvalue weighted by molar-refractivity contribution is 5.61. The lowest BCUT2D eigenvalue weighted by Gasteiger charge is -2.25. The van der Waals surface area contributed by atoms with Crippen LogP contribution in [0.25, 0.3) is 0 Å². The summed E-state index contributed by atoms with van der Waals surface area (Å²) in [6, 6.07) is 6.24. The van der Waals surface area contributed by atoms with Crippen molar-refractivity contribution in [2.45, 2.75) is 39.2 Å². The Morgan fingerprint density at radius 2 is 2.26 bits per heavy atom. The average molecular weight is 262 g/mol. The van der Waals surface area contributed by atoms with Gasteiger partial charge in [-0.2, -0.15) is 0 Å². The molecule has 1 aliphatic rings. The molecule has 3 nitrogen and oxygen atoms in total. The maximum Gasteiger partial charge on any atom is 0.125 e. The van der Waals surface area contributed by atoms with Gasteiger partial charge in [0.15, 0.2) is 0 Å².